The van der Waals surface area contributed by atoms with E-state index in [0.717, 1.165) is 5.56 Å². The van der Waals surface area contributed by atoms with Crippen LogP contribution in [0.4, 0.5) is 5.69 Å². The number of ketones is 1. The van der Waals surface area contributed by atoms with Crippen molar-refractivity contribution in [1.82, 2.24) is 10.3 Å². The van der Waals surface area contributed by atoms with Gasteiger partial charge < -0.3 is 15.0 Å². The van der Waals surface area contributed by atoms with E-state index in [1.807, 2.05) is 12.1 Å². The van der Waals surface area contributed by atoms with Crippen molar-refractivity contribution in [3.8, 4) is 5.75 Å². The van der Waals surface area contributed by atoms with Crippen LogP contribution in [0.15, 0.2) is 42.7 Å². The zero-order chi connectivity index (χ0) is 19.4. The van der Waals surface area contributed by atoms with Crippen molar-refractivity contribution in [2.45, 2.75) is 32.4 Å². The van der Waals surface area contributed by atoms with Crippen molar-refractivity contribution in [3.63, 3.8) is 0 Å². The number of fused-ring (bicyclic) bond motifs is 1. The number of amides is 2. The molecule has 0 aliphatic carbocycles. The minimum atomic E-state index is -0.548. The molecular weight excluding hydrogens is 346 g/mol. The molecule has 1 unspecified atom stereocenters. The number of carbonyl (C=O) groups excluding carboxylic acids is 3. The first-order valence-electron chi connectivity index (χ1n) is 8.73. The second kappa shape index (κ2) is 7.99. The molecule has 1 aromatic carbocycles. The lowest BCUT2D eigenvalue weighted by Gasteiger charge is -2.30. The van der Waals surface area contributed by atoms with E-state index in [0.29, 0.717) is 23.5 Å². The van der Waals surface area contributed by atoms with Crippen molar-refractivity contribution in [2.75, 3.05) is 11.9 Å². The Morgan fingerprint density at radius 2 is 1.93 bits per heavy atom. The van der Waals surface area contributed by atoms with Crippen molar-refractivity contribution >= 4 is 23.3 Å². The molecule has 1 N–H and O–H groups in total. The molecule has 3 rings (SSSR count). The number of Topliss-reactive ketones (excluding diaryl/α,β-unsaturated/α-hetero) is 1. The summed E-state index contributed by atoms with van der Waals surface area (Å²) in [5.41, 5.74) is 1.96. The molecular formula is C20H21N3O4. The number of anilines is 1. The number of ether oxygens (including phenoxy) is 1. The number of rotatable bonds is 6. The zero-order valence-electron chi connectivity index (χ0n) is 15.3. The number of hydrogen-bond donors (Lipinski definition) is 1. The number of aromatic nitrogens is 1. The van der Waals surface area contributed by atoms with Gasteiger partial charge in [-0.25, -0.2) is 0 Å². The third kappa shape index (κ3) is 4.31. The van der Waals surface area contributed by atoms with E-state index >= 15 is 0 Å². The van der Waals surface area contributed by atoms with E-state index in [4.69, 9.17) is 4.74 Å². The molecule has 0 fully saturated rings. The Labute approximate surface area is 157 Å². The molecule has 0 bridgehead atoms. The fraction of sp³-hybridized carbons (Fsp3) is 0.300. The maximum atomic E-state index is 12.4. The van der Waals surface area contributed by atoms with E-state index < -0.39 is 6.10 Å². The van der Waals surface area contributed by atoms with Crippen LogP contribution in [0.3, 0.4) is 0 Å². The molecule has 0 saturated heterocycles. The predicted molar refractivity (Wildman–Crippen MR) is 99.6 cm³/mol. The summed E-state index contributed by atoms with van der Waals surface area (Å²) >= 11 is 0. The van der Waals surface area contributed by atoms with Gasteiger partial charge in [-0.05, 0) is 42.8 Å². The summed E-state index contributed by atoms with van der Waals surface area (Å²) in [5.74, 6) is 0.0535. The quantitative estimate of drug-likeness (QED) is 0.790. The number of carbonyl (C=O) groups is 3. The molecule has 2 heterocycles. The van der Waals surface area contributed by atoms with Crippen LogP contribution in [0.5, 0.6) is 5.75 Å². The third-order valence-corrected chi connectivity index (χ3v) is 4.44. The largest absolute Gasteiger partial charge is 0.479 e. The molecule has 140 valence electrons. The van der Waals surface area contributed by atoms with Gasteiger partial charge in [0.05, 0.1) is 5.69 Å². The summed E-state index contributed by atoms with van der Waals surface area (Å²) in [7, 11) is 1.65. The van der Waals surface area contributed by atoms with Crippen LogP contribution in [-0.2, 0) is 16.1 Å². The first-order valence-corrected chi connectivity index (χ1v) is 8.73. The minimum absolute atomic E-state index is 0.0931. The molecule has 0 spiro atoms. The standard InChI is InChI=1S/C20H21N3O4/c1-13-20(26)23(2)16-11-15(3-5-18(16)27-13)17(24)4-6-19(25)22-12-14-7-9-21-10-8-14/h3,5,7-11,13H,4,6,12H2,1-2H3,(H,22,25). The van der Waals surface area contributed by atoms with E-state index in [-0.39, 0.29) is 30.4 Å². The Balaban J connectivity index is 1.57. The summed E-state index contributed by atoms with van der Waals surface area (Å²) in [5, 5.41) is 2.78. The number of pyridine rings is 1. The smallest absolute Gasteiger partial charge is 0.267 e. The number of nitrogens with zero attached hydrogens (tertiary/aromatic N) is 2. The Hall–Kier alpha value is -3.22. The van der Waals surface area contributed by atoms with Gasteiger partial charge in [-0.1, -0.05) is 0 Å². The summed E-state index contributed by atoms with van der Waals surface area (Å²) < 4.78 is 5.55. The average molecular weight is 367 g/mol. The Kier molecular flexibility index (Phi) is 5.49. The van der Waals surface area contributed by atoms with Gasteiger partial charge in [0, 0.05) is 44.4 Å². The van der Waals surface area contributed by atoms with Gasteiger partial charge in [-0.2, -0.15) is 0 Å². The maximum Gasteiger partial charge on any atom is 0.267 e. The molecule has 1 aliphatic heterocycles. The molecule has 7 heteroatoms. The molecule has 2 amide bonds. The molecule has 0 radical (unpaired) electrons. The van der Waals surface area contributed by atoms with E-state index in [1.165, 1.54) is 4.90 Å². The first kappa shape index (κ1) is 18.6. The lowest BCUT2D eigenvalue weighted by atomic mass is 10.0. The first-order chi connectivity index (χ1) is 13.0. The third-order valence-electron chi connectivity index (χ3n) is 4.44. The summed E-state index contributed by atoms with van der Waals surface area (Å²) in [6.45, 7) is 2.09. The number of benzene rings is 1. The molecule has 1 aliphatic rings. The van der Waals surface area contributed by atoms with Crippen molar-refractivity contribution in [2.24, 2.45) is 0 Å². The molecule has 27 heavy (non-hydrogen) atoms. The highest BCUT2D eigenvalue weighted by molar-refractivity contribution is 6.03. The lowest BCUT2D eigenvalue weighted by molar-refractivity contribution is -0.125. The lowest BCUT2D eigenvalue weighted by Crippen LogP contribution is -2.42. The van der Waals surface area contributed by atoms with Gasteiger partial charge in [-0.15, -0.1) is 0 Å². The van der Waals surface area contributed by atoms with Crippen molar-refractivity contribution in [1.29, 1.82) is 0 Å². The fourth-order valence-electron chi connectivity index (χ4n) is 2.85. The predicted octanol–water partition coefficient (Wildman–Crippen LogP) is 2.10. The van der Waals surface area contributed by atoms with Gasteiger partial charge in [0.1, 0.15) is 5.75 Å². The second-order valence-electron chi connectivity index (χ2n) is 6.40. The zero-order valence-corrected chi connectivity index (χ0v) is 15.3. The average Bonchev–Trinajstić information content (AvgIpc) is 2.69. The molecule has 1 atom stereocenters. The summed E-state index contributed by atoms with van der Waals surface area (Å²) in [6, 6.07) is 8.62. The van der Waals surface area contributed by atoms with E-state index in [9.17, 15) is 14.4 Å². The molecule has 7 nitrogen and oxygen atoms in total. The minimum Gasteiger partial charge on any atom is -0.479 e. The van der Waals surface area contributed by atoms with Gasteiger partial charge in [0.25, 0.3) is 5.91 Å². The van der Waals surface area contributed by atoms with Gasteiger partial charge in [0.15, 0.2) is 11.9 Å². The monoisotopic (exact) mass is 367 g/mol. The van der Waals surface area contributed by atoms with Gasteiger partial charge >= 0.3 is 0 Å². The maximum absolute atomic E-state index is 12.4. The van der Waals surface area contributed by atoms with Crippen LogP contribution in [0.1, 0.15) is 35.7 Å². The normalized spacial score (nSPS) is 15.7. The number of nitrogens with one attached hydrogen (secondary N) is 1. The molecule has 0 saturated carbocycles. The van der Waals surface area contributed by atoms with Crippen LogP contribution in [-0.4, -0.2) is 35.7 Å². The molecule has 1 aromatic heterocycles. The van der Waals surface area contributed by atoms with Crippen molar-refractivity contribution < 1.29 is 19.1 Å². The Morgan fingerprint density at radius 3 is 2.67 bits per heavy atom. The van der Waals surface area contributed by atoms with Gasteiger partial charge in [-0.3, -0.25) is 19.4 Å². The van der Waals surface area contributed by atoms with E-state index in [1.54, 1.807) is 44.6 Å². The van der Waals surface area contributed by atoms with Crippen molar-refractivity contribution in [3.05, 3.63) is 53.9 Å². The van der Waals surface area contributed by atoms with Crippen LogP contribution in [0.25, 0.3) is 0 Å². The van der Waals surface area contributed by atoms with Crippen LogP contribution in [0.2, 0.25) is 0 Å². The van der Waals surface area contributed by atoms with Gasteiger partial charge in [0.2, 0.25) is 5.91 Å². The van der Waals surface area contributed by atoms with Crippen LogP contribution >= 0.6 is 0 Å². The molecule has 2 aromatic rings. The highest BCUT2D eigenvalue weighted by Crippen LogP contribution is 2.34. The highest BCUT2D eigenvalue weighted by Gasteiger charge is 2.29. The van der Waals surface area contributed by atoms with Crippen LogP contribution in [0, 0.1) is 0 Å². The van der Waals surface area contributed by atoms with Crippen LogP contribution < -0.4 is 15.0 Å². The van der Waals surface area contributed by atoms with E-state index in [2.05, 4.69) is 10.3 Å². The topological polar surface area (TPSA) is 88.6 Å². The number of likely N-dealkylation sites (N-methyl/N-ethyl adjacent to an activating group) is 1. The Bertz CT molecular complexity index is 867. The summed E-state index contributed by atoms with van der Waals surface area (Å²) in [4.78, 5) is 41.8. The second-order valence-corrected chi connectivity index (χ2v) is 6.40. The fourth-order valence-corrected chi connectivity index (χ4v) is 2.85. The highest BCUT2D eigenvalue weighted by atomic mass is 16.5. The number of hydrogen-bond acceptors (Lipinski definition) is 5. The SMILES string of the molecule is CC1Oc2ccc(C(=O)CCC(=O)NCc3ccncc3)cc2N(C)C1=O. The Morgan fingerprint density at radius 1 is 1.19 bits per heavy atom. The summed E-state index contributed by atoms with van der Waals surface area (Å²) in [6.07, 6.45) is 2.97.